The fourth-order valence-corrected chi connectivity index (χ4v) is 3.83. The van der Waals surface area contributed by atoms with Gasteiger partial charge in [0.05, 0.1) is 10.6 Å². The maximum atomic E-state index is 12.6. The van der Waals surface area contributed by atoms with Gasteiger partial charge >= 0.3 is 0 Å². The zero-order chi connectivity index (χ0) is 18.7. The number of anilines is 1. The highest BCUT2D eigenvalue weighted by molar-refractivity contribution is 8.14. The third-order valence-electron chi connectivity index (χ3n) is 3.50. The normalized spacial score (nSPS) is 12.7. The number of thioether (sulfide) groups is 1. The van der Waals surface area contributed by atoms with Gasteiger partial charge in [0, 0.05) is 24.2 Å². The van der Waals surface area contributed by atoms with E-state index in [1.807, 2.05) is 0 Å². The van der Waals surface area contributed by atoms with Gasteiger partial charge in [-0.25, -0.2) is 8.42 Å². The second kappa shape index (κ2) is 7.38. The van der Waals surface area contributed by atoms with E-state index in [2.05, 4.69) is 4.72 Å². The van der Waals surface area contributed by atoms with Gasteiger partial charge in [0.25, 0.3) is 10.0 Å². The summed E-state index contributed by atoms with van der Waals surface area (Å²) in [6, 6.07) is 10.4. The average molecular weight is 393 g/mol. The molecule has 0 fully saturated rings. The average Bonchev–Trinajstić information content (AvgIpc) is 3.07. The highest BCUT2D eigenvalue weighted by Gasteiger charge is 2.20. The zero-order valence-corrected chi connectivity index (χ0v) is 15.4. The van der Waals surface area contributed by atoms with Gasteiger partial charge in [-0.05, 0) is 24.3 Å². The molecule has 9 heteroatoms. The van der Waals surface area contributed by atoms with Crippen molar-refractivity contribution in [2.75, 3.05) is 17.3 Å². The molecule has 0 atom stereocenters. The molecule has 0 aromatic heterocycles. The Balaban J connectivity index is 1.78. The molecule has 0 saturated heterocycles. The van der Waals surface area contributed by atoms with Crippen LogP contribution in [0.5, 0.6) is 11.5 Å². The summed E-state index contributed by atoms with van der Waals surface area (Å²) in [7, 11) is -3.86. The van der Waals surface area contributed by atoms with E-state index >= 15 is 0 Å². The number of carbonyl (C=O) groups excluding carboxylic acids is 2. The minimum absolute atomic E-state index is 0.00764. The molecule has 0 bridgehead atoms. The van der Waals surface area contributed by atoms with Crippen molar-refractivity contribution >= 4 is 38.4 Å². The molecule has 0 radical (unpaired) electrons. The molecular weight excluding hydrogens is 378 g/mol. The van der Waals surface area contributed by atoms with Crippen molar-refractivity contribution in [2.24, 2.45) is 0 Å². The summed E-state index contributed by atoms with van der Waals surface area (Å²) in [5.74, 6) is 0.597. The van der Waals surface area contributed by atoms with Crippen molar-refractivity contribution in [3.05, 3.63) is 48.0 Å². The number of benzene rings is 2. The topological polar surface area (TPSA) is 98.8 Å². The summed E-state index contributed by atoms with van der Waals surface area (Å²) >= 11 is 0.909. The number of fused-ring (bicyclic) bond motifs is 1. The van der Waals surface area contributed by atoms with Crippen LogP contribution in [-0.2, 0) is 14.8 Å². The van der Waals surface area contributed by atoms with Gasteiger partial charge in [-0.2, -0.15) is 0 Å². The van der Waals surface area contributed by atoms with Crippen LogP contribution in [0.3, 0.4) is 0 Å². The summed E-state index contributed by atoms with van der Waals surface area (Å²) < 4.78 is 37.9. The van der Waals surface area contributed by atoms with Crippen LogP contribution in [0.25, 0.3) is 0 Å². The summed E-state index contributed by atoms with van der Waals surface area (Å²) in [5.41, 5.74) is 0.575. The number of hydrogen-bond acceptors (Lipinski definition) is 7. The lowest BCUT2D eigenvalue weighted by molar-refractivity contribution is -0.109. The minimum atomic E-state index is -3.86. The monoisotopic (exact) mass is 393 g/mol. The first-order chi connectivity index (χ1) is 12.3. The lowest BCUT2D eigenvalue weighted by Crippen LogP contribution is -2.13. The summed E-state index contributed by atoms with van der Waals surface area (Å²) in [6.45, 7) is 1.43. The van der Waals surface area contributed by atoms with Gasteiger partial charge in [-0.3, -0.25) is 14.3 Å². The lowest BCUT2D eigenvalue weighted by atomic mass is 10.1. The Morgan fingerprint density at radius 2 is 1.88 bits per heavy atom. The van der Waals surface area contributed by atoms with E-state index in [0.29, 0.717) is 17.1 Å². The van der Waals surface area contributed by atoms with Gasteiger partial charge in [0.1, 0.15) is 0 Å². The Labute approximate surface area is 154 Å². The number of carbonyl (C=O) groups is 2. The van der Waals surface area contributed by atoms with Crippen LogP contribution in [0, 0.1) is 0 Å². The van der Waals surface area contributed by atoms with E-state index in [9.17, 15) is 18.0 Å². The van der Waals surface area contributed by atoms with E-state index < -0.39 is 10.0 Å². The Hall–Kier alpha value is -2.52. The van der Waals surface area contributed by atoms with Gasteiger partial charge in [-0.15, -0.1) is 0 Å². The fourth-order valence-electron chi connectivity index (χ4n) is 2.26. The van der Waals surface area contributed by atoms with E-state index in [1.165, 1.54) is 31.2 Å². The molecular formula is C17H15NO6S2. The molecule has 136 valence electrons. The Morgan fingerprint density at radius 1 is 1.12 bits per heavy atom. The van der Waals surface area contributed by atoms with Crippen LogP contribution in [0.15, 0.2) is 47.4 Å². The smallest absolute Gasteiger partial charge is 0.262 e. The van der Waals surface area contributed by atoms with E-state index in [1.54, 1.807) is 18.2 Å². The minimum Gasteiger partial charge on any atom is -0.454 e. The second-order valence-electron chi connectivity index (χ2n) is 5.40. The van der Waals surface area contributed by atoms with Crippen molar-refractivity contribution in [2.45, 2.75) is 11.8 Å². The first kappa shape index (κ1) is 18.3. The molecule has 1 aliphatic rings. The molecule has 0 aliphatic carbocycles. The van der Waals surface area contributed by atoms with E-state index in [0.717, 1.165) is 11.8 Å². The number of ketones is 1. The number of nitrogens with one attached hydrogen (secondary N) is 1. The van der Waals surface area contributed by atoms with Gasteiger partial charge in [0.15, 0.2) is 22.4 Å². The number of rotatable bonds is 6. The van der Waals surface area contributed by atoms with Gasteiger partial charge < -0.3 is 9.47 Å². The van der Waals surface area contributed by atoms with E-state index in [4.69, 9.17) is 9.47 Å². The third-order valence-corrected chi connectivity index (χ3v) is 5.69. The highest BCUT2D eigenvalue weighted by Crippen LogP contribution is 2.34. The molecule has 1 heterocycles. The van der Waals surface area contributed by atoms with Crippen LogP contribution in [0.1, 0.15) is 17.3 Å². The largest absolute Gasteiger partial charge is 0.454 e. The molecule has 7 nitrogen and oxygen atoms in total. The SMILES string of the molecule is CC(=O)SCC(=O)c1cccc(NS(=O)(=O)c2ccc3c(c2)OCO3)c1. The third kappa shape index (κ3) is 4.17. The number of sulfonamides is 1. The molecule has 0 unspecified atom stereocenters. The molecule has 0 saturated carbocycles. The second-order valence-corrected chi connectivity index (χ2v) is 8.24. The van der Waals surface area contributed by atoms with Crippen LogP contribution < -0.4 is 14.2 Å². The molecule has 3 rings (SSSR count). The van der Waals surface area contributed by atoms with Crippen LogP contribution in [-0.4, -0.2) is 31.9 Å². The van der Waals surface area contributed by atoms with E-state index in [-0.39, 0.29) is 34.0 Å². The molecule has 2 aromatic rings. The predicted molar refractivity (Wildman–Crippen MR) is 97.3 cm³/mol. The predicted octanol–water partition coefficient (Wildman–Crippen LogP) is 2.68. The summed E-state index contributed by atoms with van der Waals surface area (Å²) in [5, 5.41) is -0.155. The number of ether oxygens (including phenoxy) is 2. The van der Waals surface area contributed by atoms with Crippen LogP contribution in [0.4, 0.5) is 5.69 Å². The van der Waals surface area contributed by atoms with Gasteiger partial charge in [0.2, 0.25) is 6.79 Å². The molecule has 0 spiro atoms. The van der Waals surface area contributed by atoms with Crippen molar-refractivity contribution < 1.29 is 27.5 Å². The maximum Gasteiger partial charge on any atom is 0.262 e. The van der Waals surface area contributed by atoms with Crippen LogP contribution >= 0.6 is 11.8 Å². The Kier molecular flexibility index (Phi) is 5.19. The van der Waals surface area contributed by atoms with Crippen molar-refractivity contribution in [1.82, 2.24) is 0 Å². The van der Waals surface area contributed by atoms with Crippen molar-refractivity contribution in [3.8, 4) is 11.5 Å². The Morgan fingerprint density at radius 3 is 2.65 bits per heavy atom. The first-order valence-electron chi connectivity index (χ1n) is 7.54. The molecule has 26 heavy (non-hydrogen) atoms. The lowest BCUT2D eigenvalue weighted by Gasteiger charge is -2.10. The first-order valence-corrected chi connectivity index (χ1v) is 10.0. The number of hydrogen-bond donors (Lipinski definition) is 1. The summed E-state index contributed by atoms with van der Waals surface area (Å²) in [6.07, 6.45) is 0. The fraction of sp³-hybridized carbons (Fsp3) is 0.176. The van der Waals surface area contributed by atoms with Crippen molar-refractivity contribution in [3.63, 3.8) is 0 Å². The molecule has 1 aliphatic heterocycles. The highest BCUT2D eigenvalue weighted by atomic mass is 32.2. The molecule has 1 N–H and O–H groups in total. The number of Topliss-reactive ketones (excluding diaryl/α,β-unsaturated/α-hetero) is 1. The maximum absolute atomic E-state index is 12.6. The standard InChI is InChI=1S/C17H15NO6S2/c1-11(19)25-9-15(20)12-3-2-4-13(7-12)18-26(21,22)14-5-6-16-17(8-14)24-10-23-16/h2-8,18H,9-10H2,1H3. The van der Waals surface area contributed by atoms with Crippen LogP contribution in [0.2, 0.25) is 0 Å². The molecule has 2 aromatic carbocycles. The quantitative estimate of drug-likeness (QED) is 0.753. The Bertz CT molecular complexity index is 971. The zero-order valence-electron chi connectivity index (χ0n) is 13.7. The van der Waals surface area contributed by atoms with Crippen molar-refractivity contribution in [1.29, 1.82) is 0 Å². The summed E-state index contributed by atoms with van der Waals surface area (Å²) in [4.78, 5) is 23.1. The van der Waals surface area contributed by atoms with Gasteiger partial charge in [-0.1, -0.05) is 23.9 Å². The molecule has 0 amide bonds.